The third-order valence-corrected chi connectivity index (χ3v) is 5.45. The Hall–Kier alpha value is -2.57. The molecule has 0 aromatic heterocycles. The topological polar surface area (TPSA) is 63.0 Å². The van der Waals surface area contributed by atoms with Crippen LogP contribution in [0.4, 0.5) is 0 Å². The molecule has 30 heavy (non-hydrogen) atoms. The van der Waals surface area contributed by atoms with E-state index in [2.05, 4.69) is 6.92 Å². The van der Waals surface area contributed by atoms with E-state index in [-0.39, 0.29) is 12.0 Å². The summed E-state index contributed by atoms with van der Waals surface area (Å²) in [4.78, 5) is 6.20. The van der Waals surface area contributed by atoms with Crippen molar-refractivity contribution in [2.24, 2.45) is 0 Å². The number of ether oxygens (including phenoxy) is 3. The molecular formula is C24H31NO5. The molecule has 3 rings (SSSR count). The Bertz CT molecular complexity index is 806. The Labute approximate surface area is 178 Å². The predicted octanol–water partition coefficient (Wildman–Crippen LogP) is 4.99. The monoisotopic (exact) mass is 413 g/mol. The van der Waals surface area contributed by atoms with Gasteiger partial charge in [-0.15, -0.1) is 0 Å². The number of methoxy groups -OCH3 is 2. The number of benzene rings is 2. The number of hydrogen-bond donors (Lipinski definition) is 0. The van der Waals surface area contributed by atoms with Crippen molar-refractivity contribution >= 4 is 5.71 Å². The molecule has 0 N–H and O–H groups in total. The first-order valence-corrected chi connectivity index (χ1v) is 10.5. The average Bonchev–Trinajstić information content (AvgIpc) is 2.79. The summed E-state index contributed by atoms with van der Waals surface area (Å²) in [7, 11) is 3.29. The molecule has 1 heterocycles. The molecule has 2 aromatic carbocycles. The zero-order valence-corrected chi connectivity index (χ0v) is 18.0. The van der Waals surface area contributed by atoms with E-state index in [1.165, 1.54) is 0 Å². The molecular weight excluding hydrogens is 382 g/mol. The van der Waals surface area contributed by atoms with Crippen LogP contribution in [0.25, 0.3) is 0 Å². The lowest BCUT2D eigenvalue weighted by atomic mass is 9.86. The maximum atomic E-state index is 12.9. The molecule has 6 heteroatoms. The van der Waals surface area contributed by atoms with Crippen LogP contribution in [0.3, 0.4) is 0 Å². The van der Waals surface area contributed by atoms with Gasteiger partial charge in [-0.2, -0.15) is 0 Å². The molecule has 0 bridgehead atoms. The summed E-state index contributed by atoms with van der Waals surface area (Å²) < 4.78 is 16.8. The van der Waals surface area contributed by atoms with Crippen molar-refractivity contribution < 1.29 is 24.0 Å². The van der Waals surface area contributed by atoms with Gasteiger partial charge in [0.2, 0.25) is 5.71 Å². The Morgan fingerprint density at radius 3 is 2.47 bits per heavy atom. The number of hydrogen-bond acceptors (Lipinski definition) is 5. The van der Waals surface area contributed by atoms with E-state index in [1.807, 2.05) is 54.6 Å². The summed E-state index contributed by atoms with van der Waals surface area (Å²) in [5.74, 6) is 0.682. The smallest absolute Gasteiger partial charge is 0.232 e. The van der Waals surface area contributed by atoms with Gasteiger partial charge in [0.05, 0.1) is 25.6 Å². The lowest BCUT2D eigenvalue weighted by Gasteiger charge is -2.31. The Balaban J connectivity index is 1.84. The van der Waals surface area contributed by atoms with E-state index in [1.54, 1.807) is 14.2 Å². The predicted molar refractivity (Wildman–Crippen MR) is 116 cm³/mol. The largest absolute Gasteiger partial charge is 0.497 e. The van der Waals surface area contributed by atoms with Crippen molar-refractivity contribution in [2.75, 3.05) is 20.8 Å². The van der Waals surface area contributed by atoms with Crippen LogP contribution in [-0.4, -0.2) is 37.7 Å². The molecule has 0 spiro atoms. The van der Waals surface area contributed by atoms with E-state index in [0.29, 0.717) is 30.1 Å². The second-order valence-corrected chi connectivity index (χ2v) is 7.41. The van der Waals surface area contributed by atoms with Gasteiger partial charge >= 0.3 is 0 Å². The fraction of sp³-hybridized carbons (Fsp3) is 0.458. The molecule has 0 unspecified atom stereocenters. The minimum absolute atomic E-state index is 0.0972. The third-order valence-electron chi connectivity index (χ3n) is 5.45. The van der Waals surface area contributed by atoms with E-state index < -0.39 is 6.29 Å². The summed E-state index contributed by atoms with van der Waals surface area (Å²) in [6, 6.07) is 17.7. The van der Waals surface area contributed by atoms with Crippen LogP contribution in [0, 0.1) is 5.21 Å². The van der Waals surface area contributed by atoms with Crippen molar-refractivity contribution in [3.63, 3.8) is 0 Å². The van der Waals surface area contributed by atoms with Crippen LogP contribution in [-0.2, 0) is 14.3 Å². The van der Waals surface area contributed by atoms with Crippen LogP contribution < -0.4 is 4.74 Å². The van der Waals surface area contributed by atoms with Crippen LogP contribution in [0.15, 0.2) is 54.6 Å². The normalized spacial score (nSPS) is 20.0. The summed E-state index contributed by atoms with van der Waals surface area (Å²) >= 11 is 0. The molecule has 0 saturated carbocycles. The molecule has 0 fully saturated rings. The zero-order chi connectivity index (χ0) is 21.3. The van der Waals surface area contributed by atoms with Crippen molar-refractivity contribution in [3.05, 3.63) is 70.9 Å². The number of unbranched alkanes of at least 4 members (excludes halogenated alkanes) is 1. The average molecular weight is 414 g/mol. The van der Waals surface area contributed by atoms with Gasteiger partial charge in [0.15, 0.2) is 6.29 Å². The zero-order valence-electron chi connectivity index (χ0n) is 18.0. The molecule has 0 saturated heterocycles. The molecule has 6 nitrogen and oxygen atoms in total. The van der Waals surface area contributed by atoms with E-state index in [0.717, 1.165) is 29.7 Å². The van der Waals surface area contributed by atoms with Crippen molar-refractivity contribution in [2.45, 2.75) is 50.9 Å². The third kappa shape index (κ3) is 5.52. The summed E-state index contributed by atoms with van der Waals surface area (Å²) in [6.45, 7) is 2.69. The lowest BCUT2D eigenvalue weighted by Crippen LogP contribution is -2.38. The molecule has 162 valence electrons. The van der Waals surface area contributed by atoms with Gasteiger partial charge in [-0.1, -0.05) is 55.8 Å². The maximum Gasteiger partial charge on any atom is 0.232 e. The van der Waals surface area contributed by atoms with Gasteiger partial charge in [0.1, 0.15) is 5.75 Å². The van der Waals surface area contributed by atoms with E-state index >= 15 is 0 Å². The standard InChI is InChI=1S/C24H31NO5/c1-4-5-15-29-24-16-21(18-9-7-6-8-10-18)22(25(26)30-24)17-23(28-3)19-11-13-20(27-2)14-12-19/h6-14,21,23-24H,4-5,15-17H2,1-3H3/t21-,23+,24-/m1/s1. The van der Waals surface area contributed by atoms with Crippen LogP contribution in [0.5, 0.6) is 5.75 Å². The fourth-order valence-electron chi connectivity index (χ4n) is 3.71. The summed E-state index contributed by atoms with van der Waals surface area (Å²) in [5.41, 5.74) is 2.69. The molecule has 0 aliphatic carbocycles. The molecule has 3 atom stereocenters. The SMILES string of the molecule is CCCCO[C@H]1C[C@H](c2ccccc2)C(C[C@H](OC)c2ccc(OC)cc2)=[N+]([O-])O1. The van der Waals surface area contributed by atoms with Gasteiger partial charge in [0.25, 0.3) is 0 Å². The first-order chi connectivity index (χ1) is 14.7. The molecule has 0 radical (unpaired) electrons. The van der Waals surface area contributed by atoms with Gasteiger partial charge < -0.3 is 19.0 Å². The van der Waals surface area contributed by atoms with Crippen LogP contribution >= 0.6 is 0 Å². The second-order valence-electron chi connectivity index (χ2n) is 7.41. The Kier molecular flexibility index (Phi) is 8.11. The minimum atomic E-state index is -0.551. The molecule has 2 aromatic rings. The molecule has 1 aliphatic rings. The Morgan fingerprint density at radius 1 is 1.10 bits per heavy atom. The highest BCUT2D eigenvalue weighted by atomic mass is 16.9. The van der Waals surface area contributed by atoms with Crippen molar-refractivity contribution in [1.29, 1.82) is 0 Å². The summed E-state index contributed by atoms with van der Waals surface area (Å²) in [5, 5.41) is 12.9. The van der Waals surface area contributed by atoms with E-state index in [9.17, 15) is 5.21 Å². The van der Waals surface area contributed by atoms with Gasteiger partial charge in [-0.25, -0.2) is 0 Å². The van der Waals surface area contributed by atoms with Crippen LogP contribution in [0.2, 0.25) is 0 Å². The first-order valence-electron chi connectivity index (χ1n) is 10.5. The molecule has 1 aliphatic heterocycles. The number of nitrogens with zero attached hydrogens (tertiary/aromatic N) is 1. The van der Waals surface area contributed by atoms with Crippen molar-refractivity contribution in [1.82, 2.24) is 0 Å². The van der Waals surface area contributed by atoms with Gasteiger partial charge in [0, 0.05) is 25.0 Å². The lowest BCUT2D eigenvalue weighted by molar-refractivity contribution is -0.772. The van der Waals surface area contributed by atoms with Crippen molar-refractivity contribution in [3.8, 4) is 5.75 Å². The van der Waals surface area contributed by atoms with Gasteiger partial charge in [-0.3, -0.25) is 5.21 Å². The summed E-state index contributed by atoms with van der Waals surface area (Å²) in [6.07, 6.45) is 2.17. The number of rotatable bonds is 10. The maximum absolute atomic E-state index is 12.9. The quantitative estimate of drug-likeness (QED) is 0.406. The highest BCUT2D eigenvalue weighted by molar-refractivity contribution is 5.87. The molecule has 0 amide bonds. The minimum Gasteiger partial charge on any atom is -0.497 e. The van der Waals surface area contributed by atoms with E-state index in [4.69, 9.17) is 19.0 Å². The van der Waals surface area contributed by atoms with Gasteiger partial charge in [-0.05, 0) is 29.7 Å². The highest BCUT2D eigenvalue weighted by Gasteiger charge is 2.37. The second kappa shape index (κ2) is 11.0. The highest BCUT2D eigenvalue weighted by Crippen LogP contribution is 2.34. The first kappa shape index (κ1) is 22.1. The Morgan fingerprint density at radius 2 is 1.83 bits per heavy atom. The fourth-order valence-corrected chi connectivity index (χ4v) is 3.71. The van der Waals surface area contributed by atoms with Crippen LogP contribution in [0.1, 0.15) is 55.8 Å².